The van der Waals surface area contributed by atoms with Gasteiger partial charge in [-0.15, -0.1) is 11.8 Å². The van der Waals surface area contributed by atoms with Crippen LogP contribution in [0.3, 0.4) is 0 Å². The van der Waals surface area contributed by atoms with Gasteiger partial charge in [0.05, 0.1) is 12.6 Å². The third kappa shape index (κ3) is 37.7. The highest BCUT2D eigenvalue weighted by molar-refractivity contribution is 8.00. The average Bonchev–Trinajstić information content (AvgIpc) is 3.20. The van der Waals surface area contributed by atoms with Crippen molar-refractivity contribution in [2.24, 2.45) is 5.73 Å². The van der Waals surface area contributed by atoms with Gasteiger partial charge in [-0.1, -0.05) is 168 Å². The fraction of sp³-hybridized carbons (Fsp3) is 0.889. The van der Waals surface area contributed by atoms with Crippen molar-refractivity contribution in [1.82, 2.24) is 5.32 Å². The van der Waals surface area contributed by atoms with Gasteiger partial charge in [0.2, 0.25) is 5.91 Å². The molecule has 0 aliphatic rings. The van der Waals surface area contributed by atoms with Crippen LogP contribution in [0.2, 0.25) is 0 Å². The van der Waals surface area contributed by atoms with E-state index >= 15 is 0 Å². The van der Waals surface area contributed by atoms with Crippen molar-refractivity contribution in [2.75, 3.05) is 19.0 Å². The van der Waals surface area contributed by atoms with Gasteiger partial charge in [0.25, 0.3) is 0 Å². The van der Waals surface area contributed by atoms with Crippen LogP contribution in [0.15, 0.2) is 0 Å². The first kappa shape index (κ1) is 60.5. The molecule has 0 rings (SSSR count). The van der Waals surface area contributed by atoms with Crippen LogP contribution in [-0.4, -0.2) is 93.2 Å². The van der Waals surface area contributed by atoms with E-state index in [9.17, 15) is 42.6 Å². The van der Waals surface area contributed by atoms with Crippen LogP contribution >= 0.6 is 11.8 Å². The number of nitrogens with two attached hydrogens (primary N) is 1. The number of aliphatic carboxylic acids is 2. The molecule has 0 aromatic heterocycles. The number of hydrogen-bond acceptors (Lipinski definition) is 10. The third-order valence-electron chi connectivity index (χ3n) is 10.4. The monoisotopic (exact) mass is 901 g/mol. The van der Waals surface area contributed by atoms with Gasteiger partial charge in [0.1, 0.15) is 18.8 Å². The molecule has 3 atom stereocenters. The van der Waals surface area contributed by atoms with Crippen molar-refractivity contribution in [1.29, 1.82) is 0 Å². The lowest BCUT2D eigenvalue weighted by molar-refractivity contribution is -0.192. The van der Waals surface area contributed by atoms with Crippen LogP contribution in [0.5, 0.6) is 0 Å². The van der Waals surface area contributed by atoms with Gasteiger partial charge in [-0.2, -0.15) is 13.2 Å². The lowest BCUT2D eigenvalue weighted by Gasteiger charge is -2.32. The molecule has 61 heavy (non-hydrogen) atoms. The van der Waals surface area contributed by atoms with E-state index < -0.39 is 53.6 Å². The summed E-state index contributed by atoms with van der Waals surface area (Å²) in [5.41, 5.74) is 6.21. The molecule has 0 aliphatic carbocycles. The van der Waals surface area contributed by atoms with E-state index in [1.54, 1.807) is 13.8 Å². The molecule has 0 saturated heterocycles. The number of ether oxygens (including phenoxy) is 2. The van der Waals surface area contributed by atoms with Crippen LogP contribution in [0, 0.1) is 0 Å². The highest BCUT2D eigenvalue weighted by atomic mass is 32.2. The number of carbonyl (C=O) groups excluding carboxylic acids is 3. The maximum Gasteiger partial charge on any atom is 0.490 e. The molecule has 1 amide bonds. The fourth-order valence-electron chi connectivity index (χ4n) is 6.35. The summed E-state index contributed by atoms with van der Waals surface area (Å²) in [7, 11) is 0. The average molecular weight is 901 g/mol. The number of alkyl halides is 3. The van der Waals surface area contributed by atoms with E-state index in [-0.39, 0.29) is 30.7 Å². The van der Waals surface area contributed by atoms with E-state index in [0.717, 1.165) is 38.5 Å². The summed E-state index contributed by atoms with van der Waals surface area (Å²) in [6.07, 6.45) is 26.5. The minimum Gasteiger partial charge on any atom is -0.480 e. The molecule has 0 spiro atoms. The highest BCUT2D eigenvalue weighted by Gasteiger charge is 2.38. The molecule has 0 saturated carbocycles. The second kappa shape index (κ2) is 39.0. The second-order valence-electron chi connectivity index (χ2n) is 16.6. The molecule has 12 nitrogen and oxygen atoms in total. The summed E-state index contributed by atoms with van der Waals surface area (Å²) < 4.78 is 42.2. The molecule has 0 unspecified atom stereocenters. The zero-order valence-corrected chi connectivity index (χ0v) is 38.8. The summed E-state index contributed by atoms with van der Waals surface area (Å²) in [5, 5.41) is 27.9. The zero-order valence-electron chi connectivity index (χ0n) is 38.0. The first-order chi connectivity index (χ1) is 28.9. The summed E-state index contributed by atoms with van der Waals surface area (Å²) in [4.78, 5) is 58.3. The molecule has 0 fully saturated rings. The predicted molar refractivity (Wildman–Crippen MR) is 236 cm³/mol. The van der Waals surface area contributed by atoms with E-state index in [1.165, 1.54) is 140 Å². The van der Waals surface area contributed by atoms with Gasteiger partial charge in [-0.3, -0.25) is 14.4 Å². The molecule has 0 aliphatic heterocycles. The number of carbonyl (C=O) groups is 5. The number of hydrogen-bond donors (Lipinski definition) is 5. The number of halogens is 3. The second-order valence-corrected chi connectivity index (χ2v) is 18.2. The van der Waals surface area contributed by atoms with Crippen molar-refractivity contribution in [2.45, 2.75) is 237 Å². The van der Waals surface area contributed by atoms with Crippen LogP contribution in [0.4, 0.5) is 13.2 Å². The summed E-state index contributed by atoms with van der Waals surface area (Å²) in [6, 6.07) is -2.58. The number of nitrogens with one attached hydrogen (secondary N) is 1. The Morgan fingerprint density at radius 3 is 1.30 bits per heavy atom. The number of unbranched alkanes of at least 4 members (excludes halogenated alkanes) is 24. The number of aliphatic hydroxyl groups is 1. The molecule has 0 bridgehead atoms. The quantitative estimate of drug-likeness (QED) is 0.0289. The minimum absolute atomic E-state index is 0.0856. The zero-order chi connectivity index (χ0) is 46.4. The molecular weight excluding hydrogens is 818 g/mol. The van der Waals surface area contributed by atoms with Crippen LogP contribution in [0.25, 0.3) is 0 Å². The van der Waals surface area contributed by atoms with Gasteiger partial charge >= 0.3 is 30.1 Å². The number of carboxylic acids is 2. The van der Waals surface area contributed by atoms with E-state index in [1.807, 2.05) is 0 Å². The van der Waals surface area contributed by atoms with Gasteiger partial charge in [0, 0.05) is 23.3 Å². The Hall–Kier alpha value is -2.59. The Bertz CT molecular complexity index is 1150. The Balaban J connectivity index is 0. The fourth-order valence-corrected chi connectivity index (χ4v) is 7.42. The van der Waals surface area contributed by atoms with Crippen LogP contribution < -0.4 is 11.1 Å². The summed E-state index contributed by atoms with van der Waals surface area (Å²) in [6.45, 7) is 7.13. The molecule has 6 N–H and O–H groups in total. The number of esters is 2. The molecular formula is C45H83F3N2O10S. The van der Waals surface area contributed by atoms with Gasteiger partial charge in [-0.25, -0.2) is 9.59 Å². The maximum absolute atomic E-state index is 12.9. The Morgan fingerprint density at radius 2 is 0.967 bits per heavy atom. The van der Waals surface area contributed by atoms with E-state index in [2.05, 4.69) is 19.2 Å². The SMILES string of the molecule is CCCCCCCCCCCCCCCC(=O)OC[C@H](CSC(C)(C)[C@H](N)C(=O)N[C@@H](CO)C(=O)O)OC(=O)CCCCCCCCCCCCCCC.O=C(O)C(F)(F)F. The Kier molecular flexibility index (Phi) is 38.7. The first-order valence-electron chi connectivity index (χ1n) is 23.1. The smallest absolute Gasteiger partial charge is 0.480 e. The molecule has 16 heteroatoms. The number of aliphatic hydroxyl groups excluding tert-OH is 1. The van der Waals surface area contributed by atoms with Gasteiger partial charge in [-0.05, 0) is 26.7 Å². The predicted octanol–water partition coefficient (Wildman–Crippen LogP) is 10.4. The van der Waals surface area contributed by atoms with Crippen molar-refractivity contribution >= 4 is 41.5 Å². The number of rotatable bonds is 39. The molecule has 0 aromatic rings. The summed E-state index contributed by atoms with van der Waals surface area (Å²) in [5.74, 6) is -5.27. The van der Waals surface area contributed by atoms with Crippen molar-refractivity contribution in [3.63, 3.8) is 0 Å². The first-order valence-corrected chi connectivity index (χ1v) is 24.1. The van der Waals surface area contributed by atoms with Crippen molar-refractivity contribution in [3.8, 4) is 0 Å². The summed E-state index contributed by atoms with van der Waals surface area (Å²) >= 11 is 1.28. The molecule has 0 radical (unpaired) electrons. The topological polar surface area (TPSA) is 203 Å². The largest absolute Gasteiger partial charge is 0.490 e. The number of thioether (sulfide) groups is 1. The molecule has 0 heterocycles. The van der Waals surface area contributed by atoms with Crippen LogP contribution in [-0.2, 0) is 33.4 Å². The van der Waals surface area contributed by atoms with Crippen molar-refractivity contribution < 1.29 is 61.9 Å². The lowest BCUT2D eigenvalue weighted by Crippen LogP contribution is -2.56. The van der Waals surface area contributed by atoms with Gasteiger partial charge in [0.15, 0.2) is 0 Å². The van der Waals surface area contributed by atoms with Gasteiger partial charge < -0.3 is 35.8 Å². The number of carboxylic acid groups (broad SMARTS) is 2. The normalized spacial score (nSPS) is 13.1. The lowest BCUT2D eigenvalue weighted by atomic mass is 10.0. The van der Waals surface area contributed by atoms with Crippen molar-refractivity contribution in [3.05, 3.63) is 0 Å². The maximum atomic E-state index is 12.9. The Morgan fingerprint density at radius 1 is 0.623 bits per heavy atom. The standard InChI is InChI=1S/C43H82N2O8S.C2HF3O2/c1-5-7-9-11-13-15-17-19-21-23-25-27-29-31-38(47)52-34-36(35-54-43(3,4)40(44)41(49)45-37(33-46)42(50)51)53-39(48)32-30-28-26-24-22-20-18-16-14-12-10-8-6-2;3-2(4,5)1(6)7/h36-37,40,46H,5-35,44H2,1-4H3,(H,45,49)(H,50,51);(H,6,7)/t36-,37+,40-;/m1./s1. The minimum atomic E-state index is -5.08. The molecule has 0 aromatic carbocycles. The molecule has 360 valence electrons. The van der Waals surface area contributed by atoms with E-state index in [4.69, 9.17) is 25.1 Å². The number of amides is 1. The van der Waals surface area contributed by atoms with E-state index in [0.29, 0.717) is 6.42 Å². The van der Waals surface area contributed by atoms with Crippen LogP contribution in [0.1, 0.15) is 207 Å². The third-order valence-corrected chi connectivity index (χ3v) is 11.9. The Labute approximate surface area is 369 Å². The highest BCUT2D eigenvalue weighted by Crippen LogP contribution is 2.29.